The summed E-state index contributed by atoms with van der Waals surface area (Å²) in [4.78, 5) is 10.4. The number of amides is 1. The zero-order chi connectivity index (χ0) is 6.69. The summed E-state index contributed by atoms with van der Waals surface area (Å²) in [5.41, 5.74) is 5.53. The predicted octanol–water partition coefficient (Wildman–Crippen LogP) is -2.21. The zero-order valence-corrected chi connectivity index (χ0v) is 7.87. The second-order valence-electron chi connectivity index (χ2n) is 1.73. The Morgan fingerprint density at radius 2 is 1.70 bits per heavy atom. The van der Waals surface area contributed by atoms with Crippen LogP contribution in [0.1, 0.15) is 10.4 Å². The summed E-state index contributed by atoms with van der Waals surface area (Å²) < 4.78 is 0. The summed E-state index contributed by atoms with van der Waals surface area (Å²) in [5, 5.41) is 0. The number of primary amides is 1. The van der Waals surface area contributed by atoms with Gasteiger partial charge in [0.25, 0.3) is 0 Å². The molecule has 0 heterocycles. The Kier molecular flexibility index (Phi) is 4.36. The molecule has 1 aromatic rings. The van der Waals surface area contributed by atoms with Crippen LogP contribution in [0.5, 0.6) is 0 Å². The van der Waals surface area contributed by atoms with E-state index in [-0.39, 0.29) is 35.5 Å². The molecule has 0 spiro atoms. The third-order valence-corrected chi connectivity index (χ3v) is 1.06. The number of nitrogens with two attached hydrogens (primary N) is 1. The zero-order valence-electron chi connectivity index (χ0n) is 5.87. The van der Waals surface area contributed by atoms with E-state index in [1.54, 1.807) is 24.3 Å². The van der Waals surface area contributed by atoms with E-state index in [9.17, 15) is 4.79 Å². The molecule has 3 heteroatoms. The van der Waals surface area contributed by atoms with E-state index < -0.39 is 0 Å². The molecule has 0 aliphatic rings. The van der Waals surface area contributed by atoms with Crippen LogP contribution in [0, 0.1) is 0 Å². The van der Waals surface area contributed by atoms with Gasteiger partial charge in [0.05, 0.1) is 0 Å². The molecule has 2 nitrogen and oxygen atoms in total. The van der Waals surface area contributed by atoms with Crippen molar-refractivity contribution in [2.75, 3.05) is 0 Å². The summed E-state index contributed by atoms with van der Waals surface area (Å²) in [5.74, 6) is -0.379. The maximum atomic E-state index is 10.4. The first-order chi connectivity index (χ1) is 4.30. The van der Waals surface area contributed by atoms with Crippen molar-refractivity contribution in [1.29, 1.82) is 0 Å². The van der Waals surface area contributed by atoms with Crippen LogP contribution in [-0.2, 0) is 0 Å². The number of hydrogen-bond acceptors (Lipinski definition) is 1. The van der Waals surface area contributed by atoms with Crippen molar-refractivity contribution >= 4 is 5.91 Å². The van der Waals surface area contributed by atoms with Crippen molar-refractivity contribution < 1.29 is 34.4 Å². The van der Waals surface area contributed by atoms with Gasteiger partial charge < -0.3 is 5.73 Å². The minimum atomic E-state index is -0.379. The number of benzene rings is 1. The molecule has 0 bridgehead atoms. The first-order valence-electron chi connectivity index (χ1n) is 2.65. The van der Waals surface area contributed by atoms with Crippen LogP contribution in [0.25, 0.3) is 0 Å². The number of rotatable bonds is 1. The van der Waals surface area contributed by atoms with Crippen LogP contribution in [0.3, 0.4) is 0 Å². The van der Waals surface area contributed by atoms with E-state index in [1.165, 1.54) is 0 Å². The van der Waals surface area contributed by atoms with E-state index in [4.69, 9.17) is 5.73 Å². The van der Waals surface area contributed by atoms with Crippen molar-refractivity contribution in [2.45, 2.75) is 0 Å². The van der Waals surface area contributed by atoms with E-state index in [0.717, 1.165) is 0 Å². The van der Waals surface area contributed by atoms with Gasteiger partial charge in [-0.2, -0.15) is 0 Å². The van der Waals surface area contributed by atoms with Gasteiger partial charge in [-0.15, -0.1) is 0 Å². The van der Waals surface area contributed by atoms with Gasteiger partial charge in [-0.1, -0.05) is 18.2 Å². The molecule has 1 amide bonds. The molecule has 0 saturated heterocycles. The predicted molar refractivity (Wildman–Crippen MR) is 35.0 cm³/mol. The standard InChI is InChI=1S/C7H7NO.Na/c8-7(9)6-4-2-1-3-5-6;/h1-5H,(H2,8,9);/q;+1. The summed E-state index contributed by atoms with van der Waals surface area (Å²) in [7, 11) is 0. The van der Waals surface area contributed by atoms with Gasteiger partial charge in [0.15, 0.2) is 0 Å². The van der Waals surface area contributed by atoms with Gasteiger partial charge in [0, 0.05) is 5.56 Å². The van der Waals surface area contributed by atoms with Crippen LogP contribution >= 0.6 is 0 Å². The van der Waals surface area contributed by atoms with E-state index in [0.29, 0.717) is 5.56 Å². The quantitative estimate of drug-likeness (QED) is 0.446. The molecule has 0 aromatic heterocycles. The van der Waals surface area contributed by atoms with Crippen LogP contribution < -0.4 is 35.3 Å². The summed E-state index contributed by atoms with van der Waals surface area (Å²) in [6.45, 7) is 0. The monoisotopic (exact) mass is 144 g/mol. The molecule has 0 saturated carbocycles. The summed E-state index contributed by atoms with van der Waals surface area (Å²) >= 11 is 0. The molecule has 10 heavy (non-hydrogen) atoms. The Bertz CT molecular complexity index is 210. The van der Waals surface area contributed by atoms with Gasteiger partial charge in [-0.3, -0.25) is 4.79 Å². The van der Waals surface area contributed by atoms with Gasteiger partial charge in [0.2, 0.25) is 5.91 Å². The third-order valence-electron chi connectivity index (χ3n) is 1.06. The molecule has 1 aromatic carbocycles. The van der Waals surface area contributed by atoms with Crippen LogP contribution in [0.15, 0.2) is 30.3 Å². The molecule has 2 N–H and O–H groups in total. The number of carbonyl (C=O) groups excluding carboxylic acids is 1. The first-order valence-corrected chi connectivity index (χ1v) is 2.65. The fraction of sp³-hybridized carbons (Fsp3) is 0. The van der Waals surface area contributed by atoms with Gasteiger partial charge >= 0.3 is 29.6 Å². The molecule has 0 aliphatic carbocycles. The Balaban J connectivity index is 0.000000810. The molecule has 0 atom stereocenters. The molecule has 0 aliphatic heterocycles. The topological polar surface area (TPSA) is 43.1 Å². The Hall–Kier alpha value is -0.310. The average Bonchev–Trinajstić information content (AvgIpc) is 1.90. The second-order valence-corrected chi connectivity index (χ2v) is 1.73. The maximum absolute atomic E-state index is 10.4. The number of carbonyl (C=O) groups is 1. The summed E-state index contributed by atoms with van der Waals surface area (Å²) in [6, 6.07) is 8.76. The van der Waals surface area contributed by atoms with E-state index in [2.05, 4.69) is 0 Å². The summed E-state index contributed by atoms with van der Waals surface area (Å²) in [6.07, 6.45) is 0. The van der Waals surface area contributed by atoms with Crippen molar-refractivity contribution in [3.63, 3.8) is 0 Å². The van der Waals surface area contributed by atoms with Gasteiger partial charge in [0.1, 0.15) is 0 Å². The molecular weight excluding hydrogens is 137 g/mol. The minimum absolute atomic E-state index is 0. The molecular formula is C7H7NNaO+. The molecule has 46 valence electrons. The normalized spacial score (nSPS) is 8.00. The Labute approximate surface area is 81.7 Å². The van der Waals surface area contributed by atoms with E-state index >= 15 is 0 Å². The van der Waals surface area contributed by atoms with Crippen molar-refractivity contribution in [1.82, 2.24) is 0 Å². The maximum Gasteiger partial charge on any atom is 1.00 e. The SMILES string of the molecule is NC(=O)c1ccccc1.[Na+]. The van der Waals surface area contributed by atoms with Crippen LogP contribution in [0.4, 0.5) is 0 Å². The van der Waals surface area contributed by atoms with Crippen molar-refractivity contribution in [3.8, 4) is 0 Å². The largest absolute Gasteiger partial charge is 1.00 e. The number of hydrogen-bond donors (Lipinski definition) is 1. The van der Waals surface area contributed by atoms with Crippen LogP contribution in [0.2, 0.25) is 0 Å². The molecule has 0 unspecified atom stereocenters. The minimum Gasteiger partial charge on any atom is -0.366 e. The molecule has 1 rings (SSSR count). The van der Waals surface area contributed by atoms with Gasteiger partial charge in [-0.25, -0.2) is 0 Å². The average molecular weight is 144 g/mol. The third kappa shape index (κ3) is 2.52. The van der Waals surface area contributed by atoms with E-state index in [1.807, 2.05) is 6.07 Å². The second kappa shape index (κ2) is 4.50. The first kappa shape index (κ1) is 9.69. The fourth-order valence-corrected chi connectivity index (χ4v) is 0.602. The fourth-order valence-electron chi connectivity index (χ4n) is 0.602. The smallest absolute Gasteiger partial charge is 0.366 e. The Morgan fingerprint density at radius 3 is 2.00 bits per heavy atom. The van der Waals surface area contributed by atoms with Crippen molar-refractivity contribution in [2.24, 2.45) is 5.73 Å². The van der Waals surface area contributed by atoms with Crippen molar-refractivity contribution in [3.05, 3.63) is 35.9 Å². The molecule has 0 radical (unpaired) electrons. The van der Waals surface area contributed by atoms with Crippen LogP contribution in [-0.4, -0.2) is 5.91 Å². The van der Waals surface area contributed by atoms with Gasteiger partial charge in [-0.05, 0) is 12.1 Å². The Morgan fingerprint density at radius 1 is 1.20 bits per heavy atom. The molecule has 0 fully saturated rings.